The molecule has 1 N–H and O–H groups in total. The molecule has 0 aliphatic carbocycles. The number of thiophene rings is 1. The van der Waals surface area contributed by atoms with Crippen molar-refractivity contribution >= 4 is 37.5 Å². The third kappa shape index (κ3) is 1.81. The molecule has 108 valence electrons. The van der Waals surface area contributed by atoms with E-state index in [1.54, 1.807) is 17.1 Å². The number of anilines is 1. The Hall–Kier alpha value is -2.73. The van der Waals surface area contributed by atoms with Crippen molar-refractivity contribution in [3.63, 3.8) is 0 Å². The topological polar surface area (TPSA) is 59.8 Å². The van der Waals surface area contributed by atoms with Gasteiger partial charge in [0.2, 0.25) is 0 Å². The van der Waals surface area contributed by atoms with Crippen LogP contribution in [-0.4, -0.2) is 21.6 Å². The summed E-state index contributed by atoms with van der Waals surface area (Å²) in [5.41, 5.74) is 2.37. The van der Waals surface area contributed by atoms with Gasteiger partial charge in [-0.2, -0.15) is 0 Å². The first-order valence-corrected chi connectivity index (χ1v) is 7.63. The second-order valence-electron chi connectivity index (χ2n) is 4.82. The van der Waals surface area contributed by atoms with Crippen molar-refractivity contribution in [2.45, 2.75) is 0 Å². The van der Waals surface area contributed by atoms with Crippen LogP contribution in [0.15, 0.2) is 53.7 Å². The smallest absolute Gasteiger partial charge is 0.275 e. The summed E-state index contributed by atoms with van der Waals surface area (Å²) >= 11 is 1.38. The Morgan fingerprint density at radius 2 is 1.95 bits per heavy atom. The van der Waals surface area contributed by atoms with Crippen molar-refractivity contribution in [3.8, 4) is 5.69 Å². The predicted molar refractivity (Wildman–Crippen MR) is 90.1 cm³/mol. The molecule has 6 heteroatoms. The first-order chi connectivity index (χ1) is 10.8. The highest BCUT2D eigenvalue weighted by atomic mass is 32.1. The Labute approximate surface area is 129 Å². The molecule has 4 rings (SSSR count). The first-order valence-electron chi connectivity index (χ1n) is 6.81. The lowest BCUT2D eigenvalue weighted by Crippen LogP contribution is -2.17. The van der Waals surface area contributed by atoms with Crippen LogP contribution >= 0.6 is 11.3 Å². The number of nitrogens with one attached hydrogen (secondary N) is 1. The number of pyridine rings is 1. The van der Waals surface area contributed by atoms with Crippen molar-refractivity contribution in [3.05, 3.63) is 59.3 Å². The maximum atomic E-state index is 12.8. The van der Waals surface area contributed by atoms with Crippen LogP contribution in [0.3, 0.4) is 0 Å². The number of rotatable bonds is 2. The molecule has 3 heterocycles. The summed E-state index contributed by atoms with van der Waals surface area (Å²) in [5, 5.41) is 4.04. The van der Waals surface area contributed by atoms with Gasteiger partial charge in [0.1, 0.15) is 15.9 Å². The SMILES string of the molecule is CNc1ccnc2sc3c(=O)n(-c4ccccc4)cnc3c12. The maximum absolute atomic E-state index is 12.8. The fourth-order valence-corrected chi connectivity index (χ4v) is 3.59. The molecule has 4 aromatic rings. The number of hydrogen-bond acceptors (Lipinski definition) is 5. The predicted octanol–water partition coefficient (Wildman–Crippen LogP) is 3.04. The zero-order valence-electron chi connectivity index (χ0n) is 11.8. The van der Waals surface area contributed by atoms with Gasteiger partial charge in [0.05, 0.1) is 16.6 Å². The van der Waals surface area contributed by atoms with Gasteiger partial charge in [0.15, 0.2) is 0 Å². The van der Waals surface area contributed by atoms with Gasteiger partial charge in [-0.05, 0) is 18.2 Å². The van der Waals surface area contributed by atoms with Crippen LogP contribution in [0, 0.1) is 0 Å². The molecule has 0 unspecified atom stereocenters. The lowest BCUT2D eigenvalue weighted by atomic mass is 10.2. The fraction of sp³-hybridized carbons (Fsp3) is 0.0625. The highest BCUT2D eigenvalue weighted by Crippen LogP contribution is 2.33. The van der Waals surface area contributed by atoms with Crippen LogP contribution in [0.25, 0.3) is 26.1 Å². The molecule has 0 aliphatic rings. The molecule has 0 bridgehead atoms. The summed E-state index contributed by atoms with van der Waals surface area (Å²) < 4.78 is 2.19. The van der Waals surface area contributed by atoms with E-state index in [1.165, 1.54) is 11.3 Å². The Morgan fingerprint density at radius 3 is 2.73 bits per heavy atom. The molecule has 22 heavy (non-hydrogen) atoms. The second kappa shape index (κ2) is 4.92. The highest BCUT2D eigenvalue weighted by molar-refractivity contribution is 7.25. The standard InChI is InChI=1S/C16H12N4OS/c1-17-11-7-8-18-15-12(11)13-14(22-15)16(21)20(9-19-13)10-5-3-2-4-6-10/h2-9H,1H3,(H,17,18). The average molecular weight is 308 g/mol. The van der Waals surface area contributed by atoms with E-state index in [0.29, 0.717) is 10.2 Å². The molecule has 0 saturated heterocycles. The molecule has 0 saturated carbocycles. The monoisotopic (exact) mass is 308 g/mol. The van der Waals surface area contributed by atoms with E-state index >= 15 is 0 Å². The Morgan fingerprint density at radius 1 is 1.14 bits per heavy atom. The number of nitrogens with zero attached hydrogens (tertiary/aromatic N) is 3. The van der Waals surface area contributed by atoms with Crippen molar-refractivity contribution in [1.82, 2.24) is 14.5 Å². The third-order valence-electron chi connectivity index (χ3n) is 3.59. The van der Waals surface area contributed by atoms with E-state index in [9.17, 15) is 4.79 Å². The van der Waals surface area contributed by atoms with E-state index in [4.69, 9.17) is 0 Å². The van der Waals surface area contributed by atoms with E-state index in [0.717, 1.165) is 21.6 Å². The fourth-order valence-electron chi connectivity index (χ4n) is 2.53. The number of para-hydroxylation sites is 1. The quantitative estimate of drug-likeness (QED) is 0.618. The average Bonchev–Trinajstić information content (AvgIpc) is 2.96. The normalized spacial score (nSPS) is 11.1. The molecule has 0 spiro atoms. The van der Waals surface area contributed by atoms with Crippen LogP contribution in [0.4, 0.5) is 5.69 Å². The van der Waals surface area contributed by atoms with Gasteiger partial charge < -0.3 is 5.32 Å². The lowest BCUT2D eigenvalue weighted by molar-refractivity contribution is 0.968. The van der Waals surface area contributed by atoms with E-state index in [1.807, 2.05) is 43.4 Å². The molecule has 3 aromatic heterocycles. The minimum absolute atomic E-state index is 0.0683. The molecule has 0 fully saturated rings. The summed E-state index contributed by atoms with van der Waals surface area (Å²) in [7, 11) is 1.85. The van der Waals surface area contributed by atoms with Gasteiger partial charge in [-0.3, -0.25) is 9.36 Å². The van der Waals surface area contributed by atoms with Gasteiger partial charge in [-0.25, -0.2) is 9.97 Å². The van der Waals surface area contributed by atoms with Crippen molar-refractivity contribution < 1.29 is 0 Å². The van der Waals surface area contributed by atoms with Crippen molar-refractivity contribution in [2.75, 3.05) is 12.4 Å². The van der Waals surface area contributed by atoms with Crippen LogP contribution < -0.4 is 10.9 Å². The van der Waals surface area contributed by atoms with Gasteiger partial charge in [-0.1, -0.05) is 18.2 Å². The molecular formula is C16H12N4OS. The van der Waals surface area contributed by atoms with Crippen molar-refractivity contribution in [2.24, 2.45) is 0 Å². The maximum Gasteiger partial charge on any atom is 0.275 e. The number of hydrogen-bond donors (Lipinski definition) is 1. The number of benzene rings is 1. The highest BCUT2D eigenvalue weighted by Gasteiger charge is 2.15. The number of fused-ring (bicyclic) bond motifs is 3. The van der Waals surface area contributed by atoms with E-state index in [2.05, 4.69) is 15.3 Å². The summed E-state index contributed by atoms with van der Waals surface area (Å²) in [6, 6.07) is 11.4. The molecule has 0 aliphatic heterocycles. The minimum Gasteiger partial charge on any atom is -0.387 e. The summed E-state index contributed by atoms with van der Waals surface area (Å²) in [4.78, 5) is 22.5. The third-order valence-corrected chi connectivity index (χ3v) is 4.66. The lowest BCUT2D eigenvalue weighted by Gasteiger charge is -2.05. The zero-order chi connectivity index (χ0) is 15.1. The molecule has 0 atom stereocenters. The molecule has 1 aromatic carbocycles. The van der Waals surface area contributed by atoms with E-state index in [-0.39, 0.29) is 5.56 Å². The molecular weight excluding hydrogens is 296 g/mol. The summed E-state index contributed by atoms with van der Waals surface area (Å²) in [5.74, 6) is 0. The van der Waals surface area contributed by atoms with E-state index < -0.39 is 0 Å². The molecule has 5 nitrogen and oxygen atoms in total. The van der Waals surface area contributed by atoms with Gasteiger partial charge in [-0.15, -0.1) is 11.3 Å². The van der Waals surface area contributed by atoms with Gasteiger partial charge >= 0.3 is 0 Å². The van der Waals surface area contributed by atoms with Crippen LogP contribution in [0.1, 0.15) is 0 Å². The molecule has 0 amide bonds. The van der Waals surface area contributed by atoms with Crippen LogP contribution in [0.5, 0.6) is 0 Å². The summed E-state index contributed by atoms with van der Waals surface area (Å²) in [6.45, 7) is 0. The number of aromatic nitrogens is 3. The van der Waals surface area contributed by atoms with Gasteiger partial charge in [0, 0.05) is 18.9 Å². The van der Waals surface area contributed by atoms with Crippen LogP contribution in [0.2, 0.25) is 0 Å². The zero-order valence-corrected chi connectivity index (χ0v) is 12.6. The Kier molecular flexibility index (Phi) is 2.90. The van der Waals surface area contributed by atoms with Gasteiger partial charge in [0.25, 0.3) is 5.56 Å². The first kappa shape index (κ1) is 13.0. The largest absolute Gasteiger partial charge is 0.387 e. The Bertz CT molecular complexity index is 1040. The summed E-state index contributed by atoms with van der Waals surface area (Å²) in [6.07, 6.45) is 3.32. The van der Waals surface area contributed by atoms with Crippen molar-refractivity contribution in [1.29, 1.82) is 0 Å². The minimum atomic E-state index is -0.0683. The Balaban J connectivity index is 2.09. The second-order valence-corrected chi connectivity index (χ2v) is 5.82. The van der Waals surface area contributed by atoms with Crippen LogP contribution in [-0.2, 0) is 0 Å². The molecule has 0 radical (unpaired) electrons.